The maximum Gasteiger partial charge on any atom is 1.00 e. The molecule has 13 heavy (non-hydrogen) atoms. The van der Waals surface area contributed by atoms with E-state index < -0.39 is 24.4 Å². The smallest absolute Gasteiger partial charge is 0.550 e. The molecule has 0 fully saturated rings. The van der Waals surface area contributed by atoms with E-state index in [0.29, 0.717) is 0 Å². The summed E-state index contributed by atoms with van der Waals surface area (Å²) < 4.78 is 0. The molecule has 2 amide bonds. The van der Waals surface area contributed by atoms with Gasteiger partial charge < -0.3 is 20.5 Å². The van der Waals surface area contributed by atoms with E-state index in [0.717, 1.165) is 0 Å². The molecule has 0 saturated heterocycles. The van der Waals surface area contributed by atoms with Crippen molar-refractivity contribution in [3.8, 4) is 0 Å². The molecule has 0 atom stereocenters. The third kappa shape index (κ3) is 11.2. The molecule has 0 unspecified atom stereocenters. The number of nitrogens with one attached hydrogen (secondary N) is 1. The molecule has 68 valence electrons. The molecule has 0 saturated carbocycles. The largest absolute Gasteiger partial charge is 1.00 e. The first-order valence-corrected chi connectivity index (χ1v) is 2.97. The Labute approximate surface area is 95.8 Å². The van der Waals surface area contributed by atoms with Crippen molar-refractivity contribution in [2.75, 3.05) is 0 Å². The molecule has 0 rings (SSSR count). The van der Waals surface area contributed by atoms with Gasteiger partial charge in [0, 0.05) is 5.97 Å². The van der Waals surface area contributed by atoms with Crippen molar-refractivity contribution in [2.45, 2.75) is 12.8 Å². The maximum atomic E-state index is 10.5. The fourth-order valence-electron chi connectivity index (χ4n) is 0.362. The minimum absolute atomic E-state index is 0. The number of carbonyl (C=O) groups excluding carboxylic acids is 3. The van der Waals surface area contributed by atoms with Gasteiger partial charge in [0.1, 0.15) is 0 Å². The number of rotatable bonds is 3. The van der Waals surface area contributed by atoms with Crippen LogP contribution in [-0.2, 0) is 14.4 Å². The normalized spacial score (nSPS) is 8.00. The average Bonchev–Trinajstić information content (AvgIpc) is 1.96. The predicted octanol–water partition coefficient (Wildman–Crippen LogP) is -5.35. The van der Waals surface area contributed by atoms with E-state index in [1.807, 2.05) is 0 Å². The summed E-state index contributed by atoms with van der Waals surface area (Å²) in [5.74, 6) is -2.26. The van der Waals surface area contributed by atoms with Crippen LogP contribution in [0.2, 0.25) is 0 Å². The van der Waals surface area contributed by atoms with Crippen LogP contribution in [0.5, 0.6) is 0 Å². The number of nitrogens with two attached hydrogens (primary N) is 1. The molecule has 7 nitrogen and oxygen atoms in total. The maximum absolute atomic E-state index is 10.5. The number of urea groups is 1. The number of hydrogen-bond acceptors (Lipinski definition) is 5. The summed E-state index contributed by atoms with van der Waals surface area (Å²) in [6.45, 7) is 0. The van der Waals surface area contributed by atoms with Crippen LogP contribution in [0.3, 0.4) is 0 Å². The van der Waals surface area contributed by atoms with Crippen LogP contribution >= 0.6 is 0 Å². The summed E-state index contributed by atoms with van der Waals surface area (Å²) in [4.78, 5) is 34.2. The monoisotopic (exact) mass is 198 g/mol. The van der Waals surface area contributed by atoms with Gasteiger partial charge in [-0.05, 0) is 6.42 Å². The van der Waals surface area contributed by atoms with E-state index >= 15 is 0 Å². The van der Waals surface area contributed by atoms with E-state index in [1.54, 1.807) is 5.48 Å². The van der Waals surface area contributed by atoms with Crippen LogP contribution in [0.1, 0.15) is 12.8 Å². The first-order valence-electron chi connectivity index (χ1n) is 2.97. The number of carboxylic acid groups (broad SMARTS) is 1. The molecule has 0 bridgehead atoms. The zero-order valence-corrected chi connectivity index (χ0v) is 9.03. The third-order valence-electron chi connectivity index (χ3n) is 0.799. The Kier molecular flexibility index (Phi) is 8.87. The van der Waals surface area contributed by atoms with E-state index in [-0.39, 0.29) is 36.0 Å². The molecule has 3 N–H and O–H groups in total. The van der Waals surface area contributed by atoms with E-state index in [2.05, 4.69) is 10.6 Å². The fraction of sp³-hybridized carbons (Fsp3) is 0.400. The molecule has 0 aromatic rings. The fourth-order valence-corrected chi connectivity index (χ4v) is 0.362. The Hall–Kier alpha value is -0.790. The topological polar surface area (TPSA) is 122 Å². The second-order valence-electron chi connectivity index (χ2n) is 1.81. The molecule has 0 aromatic carbocycles. The van der Waals surface area contributed by atoms with E-state index in [9.17, 15) is 19.5 Å². The summed E-state index contributed by atoms with van der Waals surface area (Å²) in [6.07, 6.45) is -0.831. The molecule has 0 aromatic heterocycles. The summed E-state index contributed by atoms with van der Waals surface area (Å²) in [7, 11) is 0. The minimum Gasteiger partial charge on any atom is -0.550 e. The first kappa shape index (κ1) is 14.7. The van der Waals surface area contributed by atoms with Crippen LogP contribution in [0.25, 0.3) is 0 Å². The van der Waals surface area contributed by atoms with Crippen LogP contribution in [0.15, 0.2) is 0 Å². The molecule has 0 radical (unpaired) electrons. The number of carboxylic acids is 1. The van der Waals surface area contributed by atoms with Gasteiger partial charge in [0.2, 0.25) is 0 Å². The van der Waals surface area contributed by atoms with Crippen LogP contribution in [0.4, 0.5) is 4.79 Å². The standard InChI is InChI=1S/C5H8N2O5.Na/c6-5(11)7-12-4(10)2-1-3(8)9;/h1-2H2,(H,8,9)(H3,6,7,11);/q;+1/p-1. The van der Waals surface area contributed by atoms with Crippen molar-refractivity contribution in [2.24, 2.45) is 5.73 Å². The molecule has 0 spiro atoms. The zero-order valence-electron chi connectivity index (χ0n) is 7.03. The van der Waals surface area contributed by atoms with Crippen molar-refractivity contribution in [3.05, 3.63) is 0 Å². The van der Waals surface area contributed by atoms with Gasteiger partial charge in [-0.3, -0.25) is 0 Å². The Morgan fingerprint density at radius 2 is 1.85 bits per heavy atom. The van der Waals surface area contributed by atoms with Crippen molar-refractivity contribution in [1.29, 1.82) is 0 Å². The quantitative estimate of drug-likeness (QED) is 0.346. The minimum atomic E-state index is -1.37. The van der Waals surface area contributed by atoms with Crippen molar-refractivity contribution < 1.29 is 53.9 Å². The third-order valence-corrected chi connectivity index (χ3v) is 0.799. The predicted molar refractivity (Wildman–Crippen MR) is 33.1 cm³/mol. The average molecular weight is 198 g/mol. The number of amides is 2. The van der Waals surface area contributed by atoms with Gasteiger partial charge in [-0.2, -0.15) is 5.48 Å². The number of carbonyl (C=O) groups is 3. The van der Waals surface area contributed by atoms with E-state index in [4.69, 9.17) is 0 Å². The van der Waals surface area contributed by atoms with Gasteiger partial charge in [-0.25, -0.2) is 9.59 Å². The second-order valence-corrected chi connectivity index (χ2v) is 1.81. The first-order chi connectivity index (χ1) is 5.52. The van der Waals surface area contributed by atoms with Gasteiger partial charge in [-0.15, -0.1) is 0 Å². The zero-order chi connectivity index (χ0) is 9.56. The molecule has 0 aliphatic heterocycles. The summed E-state index contributed by atoms with van der Waals surface area (Å²) in [5, 5.41) is 9.81. The van der Waals surface area contributed by atoms with Gasteiger partial charge in [-0.1, -0.05) is 0 Å². The molecular weight excluding hydrogens is 191 g/mol. The number of hydroxylamine groups is 1. The molecular formula is C5H7N2NaO5. The van der Waals surface area contributed by atoms with Crippen LogP contribution < -0.4 is 45.9 Å². The van der Waals surface area contributed by atoms with Crippen LogP contribution in [-0.4, -0.2) is 18.0 Å². The van der Waals surface area contributed by atoms with Crippen molar-refractivity contribution in [3.63, 3.8) is 0 Å². The Morgan fingerprint density at radius 3 is 2.23 bits per heavy atom. The van der Waals surface area contributed by atoms with Gasteiger partial charge in [0.05, 0.1) is 6.42 Å². The number of primary amides is 1. The van der Waals surface area contributed by atoms with Gasteiger partial charge in [0.25, 0.3) is 0 Å². The molecule has 8 heteroatoms. The Bertz CT molecular complexity index is 187. The van der Waals surface area contributed by atoms with Gasteiger partial charge >= 0.3 is 41.6 Å². The molecule has 0 aliphatic rings. The Morgan fingerprint density at radius 1 is 1.31 bits per heavy atom. The number of aliphatic carboxylic acids is 1. The molecule has 0 aliphatic carbocycles. The second kappa shape index (κ2) is 7.84. The van der Waals surface area contributed by atoms with Crippen molar-refractivity contribution >= 4 is 18.0 Å². The summed E-state index contributed by atoms with van der Waals surface area (Å²) in [6, 6.07) is -1.03. The van der Waals surface area contributed by atoms with Gasteiger partial charge in [0.15, 0.2) is 0 Å². The Balaban J connectivity index is 0. The molecule has 0 heterocycles. The van der Waals surface area contributed by atoms with Crippen molar-refractivity contribution in [1.82, 2.24) is 5.48 Å². The summed E-state index contributed by atoms with van der Waals surface area (Å²) in [5.41, 5.74) is 6.09. The SMILES string of the molecule is NC(=O)NOC(=O)CCC(=O)[O-].[Na+]. The summed E-state index contributed by atoms with van der Waals surface area (Å²) >= 11 is 0. The van der Waals surface area contributed by atoms with Crippen LogP contribution in [0, 0.1) is 0 Å². The number of hydrogen-bond donors (Lipinski definition) is 2. The van der Waals surface area contributed by atoms with E-state index in [1.165, 1.54) is 0 Å².